The van der Waals surface area contributed by atoms with Crippen LogP contribution in [0.1, 0.15) is 5.56 Å². The normalized spacial score (nSPS) is 10.4. The summed E-state index contributed by atoms with van der Waals surface area (Å²) >= 11 is 13.4. The summed E-state index contributed by atoms with van der Waals surface area (Å²) in [6.07, 6.45) is 1.54. The van der Waals surface area contributed by atoms with Gasteiger partial charge in [0.05, 0.1) is 10.0 Å². The Labute approximate surface area is 120 Å². The fraction of sp³-hybridized carbons (Fsp3) is 0.167. The number of rotatable bonds is 3. The Morgan fingerprint density at radius 2 is 1.94 bits per heavy atom. The third-order valence-corrected chi connectivity index (χ3v) is 4.21. The van der Waals surface area contributed by atoms with E-state index in [0.29, 0.717) is 10.0 Å². The molecule has 0 atom stereocenters. The van der Waals surface area contributed by atoms with Gasteiger partial charge in [0.1, 0.15) is 17.2 Å². The number of aromatic nitrogens is 2. The highest BCUT2D eigenvalue weighted by Crippen LogP contribution is 2.33. The van der Waals surface area contributed by atoms with Crippen molar-refractivity contribution in [3.63, 3.8) is 0 Å². The quantitative estimate of drug-likeness (QED) is 0.858. The lowest BCUT2D eigenvalue weighted by Gasteiger charge is -2.08. The van der Waals surface area contributed by atoms with Crippen molar-refractivity contribution in [1.82, 2.24) is 9.97 Å². The molecule has 0 unspecified atom stereocenters. The molecule has 0 saturated carbocycles. The molecule has 0 aliphatic carbocycles. The van der Waals surface area contributed by atoms with E-state index >= 15 is 0 Å². The van der Waals surface area contributed by atoms with Crippen LogP contribution < -0.4 is 5.32 Å². The van der Waals surface area contributed by atoms with Gasteiger partial charge >= 0.3 is 0 Å². The van der Waals surface area contributed by atoms with E-state index in [1.54, 1.807) is 12.4 Å². The molecule has 0 aliphatic heterocycles. The lowest BCUT2D eigenvalue weighted by atomic mass is 10.3. The number of anilines is 1. The molecule has 18 heavy (non-hydrogen) atoms. The third-order valence-electron chi connectivity index (χ3n) is 2.38. The van der Waals surface area contributed by atoms with Gasteiger partial charge in [-0.05, 0) is 25.1 Å². The number of halogens is 2. The Morgan fingerprint density at radius 1 is 1.17 bits per heavy atom. The molecule has 0 saturated heterocycles. The van der Waals surface area contributed by atoms with Crippen LogP contribution in [-0.4, -0.2) is 17.0 Å². The van der Waals surface area contributed by atoms with E-state index in [1.165, 1.54) is 11.8 Å². The Balaban J connectivity index is 2.31. The Hall–Kier alpha value is -0.970. The predicted octanol–water partition coefficient (Wildman–Crippen LogP) is 4.28. The Morgan fingerprint density at radius 3 is 2.61 bits per heavy atom. The summed E-state index contributed by atoms with van der Waals surface area (Å²) in [6.45, 7) is 1.98. The van der Waals surface area contributed by atoms with Crippen LogP contribution in [0.2, 0.25) is 10.0 Å². The highest BCUT2D eigenvalue weighted by Gasteiger charge is 2.08. The molecule has 1 aromatic heterocycles. The third kappa shape index (κ3) is 2.88. The van der Waals surface area contributed by atoms with E-state index in [4.69, 9.17) is 23.2 Å². The van der Waals surface area contributed by atoms with Crippen molar-refractivity contribution < 1.29 is 0 Å². The van der Waals surface area contributed by atoms with Gasteiger partial charge in [0.2, 0.25) is 0 Å². The van der Waals surface area contributed by atoms with Crippen molar-refractivity contribution in [3.8, 4) is 0 Å². The summed E-state index contributed by atoms with van der Waals surface area (Å²) in [7, 11) is 1.84. The largest absolute Gasteiger partial charge is 0.373 e. The molecule has 0 amide bonds. The second-order valence-electron chi connectivity index (χ2n) is 3.58. The lowest BCUT2D eigenvalue weighted by Crippen LogP contribution is -1.98. The predicted molar refractivity (Wildman–Crippen MR) is 76.9 cm³/mol. The minimum absolute atomic E-state index is 0.544. The molecule has 0 aliphatic rings. The SMILES string of the molecule is CNc1ncnc(Sc2ccc(Cl)c(Cl)c2)c1C. The van der Waals surface area contributed by atoms with E-state index in [-0.39, 0.29) is 0 Å². The Kier molecular flexibility index (Phi) is 4.32. The van der Waals surface area contributed by atoms with Gasteiger partial charge in [0.25, 0.3) is 0 Å². The minimum Gasteiger partial charge on any atom is -0.373 e. The maximum Gasteiger partial charge on any atom is 0.133 e. The van der Waals surface area contributed by atoms with Crippen molar-refractivity contribution in [1.29, 1.82) is 0 Å². The van der Waals surface area contributed by atoms with Crippen molar-refractivity contribution in [2.45, 2.75) is 16.8 Å². The van der Waals surface area contributed by atoms with Crippen LogP contribution in [0.15, 0.2) is 34.4 Å². The smallest absolute Gasteiger partial charge is 0.133 e. The fourth-order valence-corrected chi connectivity index (χ4v) is 2.69. The van der Waals surface area contributed by atoms with E-state index in [1.807, 2.05) is 26.1 Å². The molecule has 1 aromatic carbocycles. The van der Waals surface area contributed by atoms with Crippen molar-refractivity contribution in [2.24, 2.45) is 0 Å². The summed E-state index contributed by atoms with van der Waals surface area (Å²) in [5.41, 5.74) is 1.01. The van der Waals surface area contributed by atoms with Crippen LogP contribution in [-0.2, 0) is 0 Å². The zero-order chi connectivity index (χ0) is 13.1. The topological polar surface area (TPSA) is 37.8 Å². The molecule has 1 N–H and O–H groups in total. The molecule has 0 fully saturated rings. The van der Waals surface area contributed by atoms with E-state index < -0.39 is 0 Å². The number of benzene rings is 1. The maximum atomic E-state index is 5.99. The number of hydrogen-bond acceptors (Lipinski definition) is 4. The van der Waals surface area contributed by atoms with Crippen molar-refractivity contribution in [2.75, 3.05) is 12.4 Å². The van der Waals surface area contributed by atoms with Crippen LogP contribution in [0.3, 0.4) is 0 Å². The van der Waals surface area contributed by atoms with Gasteiger partial charge in [-0.1, -0.05) is 35.0 Å². The number of nitrogens with one attached hydrogen (secondary N) is 1. The molecule has 0 spiro atoms. The number of hydrogen-bond donors (Lipinski definition) is 1. The van der Waals surface area contributed by atoms with Gasteiger partial charge in [-0.15, -0.1) is 0 Å². The molecule has 1 heterocycles. The molecular weight excluding hydrogens is 289 g/mol. The molecule has 3 nitrogen and oxygen atoms in total. The standard InChI is InChI=1S/C12H11Cl2N3S/c1-7-11(15-2)16-6-17-12(7)18-8-3-4-9(13)10(14)5-8/h3-6H,1-2H3,(H,15,16,17). The maximum absolute atomic E-state index is 5.99. The van der Waals surface area contributed by atoms with Crippen LogP contribution in [0, 0.1) is 6.92 Å². The molecule has 0 bridgehead atoms. The molecular formula is C12H11Cl2N3S. The molecule has 2 rings (SSSR count). The van der Waals surface area contributed by atoms with Crippen molar-refractivity contribution in [3.05, 3.63) is 40.1 Å². The first-order valence-electron chi connectivity index (χ1n) is 5.24. The summed E-state index contributed by atoms with van der Waals surface area (Å²) in [4.78, 5) is 9.41. The zero-order valence-electron chi connectivity index (χ0n) is 9.87. The van der Waals surface area contributed by atoms with Crippen LogP contribution >= 0.6 is 35.0 Å². The first kappa shape index (κ1) is 13.5. The van der Waals surface area contributed by atoms with Gasteiger partial charge in [-0.2, -0.15) is 0 Å². The second kappa shape index (κ2) is 5.78. The van der Waals surface area contributed by atoms with E-state index in [9.17, 15) is 0 Å². The average Bonchev–Trinajstić information content (AvgIpc) is 2.36. The average molecular weight is 300 g/mol. The van der Waals surface area contributed by atoms with E-state index in [2.05, 4.69) is 15.3 Å². The first-order valence-corrected chi connectivity index (χ1v) is 6.81. The summed E-state index contributed by atoms with van der Waals surface area (Å²) in [6, 6.07) is 5.52. The monoisotopic (exact) mass is 299 g/mol. The van der Waals surface area contributed by atoms with Gasteiger partial charge in [-0.25, -0.2) is 9.97 Å². The van der Waals surface area contributed by atoms with Gasteiger partial charge < -0.3 is 5.32 Å². The zero-order valence-corrected chi connectivity index (χ0v) is 12.2. The van der Waals surface area contributed by atoms with Crippen molar-refractivity contribution >= 4 is 40.8 Å². The summed E-state index contributed by atoms with van der Waals surface area (Å²) in [5, 5.41) is 5.02. The molecule has 94 valence electrons. The van der Waals surface area contributed by atoms with Crippen LogP contribution in [0.25, 0.3) is 0 Å². The van der Waals surface area contributed by atoms with Crippen LogP contribution in [0.4, 0.5) is 5.82 Å². The first-order chi connectivity index (χ1) is 8.61. The number of nitrogens with zero attached hydrogens (tertiary/aromatic N) is 2. The second-order valence-corrected chi connectivity index (χ2v) is 5.46. The lowest BCUT2D eigenvalue weighted by molar-refractivity contribution is 1.00. The van der Waals surface area contributed by atoms with Gasteiger partial charge in [0.15, 0.2) is 0 Å². The highest BCUT2D eigenvalue weighted by atomic mass is 35.5. The van der Waals surface area contributed by atoms with Gasteiger partial charge in [0, 0.05) is 17.5 Å². The minimum atomic E-state index is 0.544. The molecule has 2 aromatic rings. The van der Waals surface area contributed by atoms with Gasteiger partial charge in [-0.3, -0.25) is 0 Å². The molecule has 0 radical (unpaired) electrons. The van der Waals surface area contributed by atoms with Crippen LogP contribution in [0.5, 0.6) is 0 Å². The summed E-state index contributed by atoms with van der Waals surface area (Å²) in [5.74, 6) is 0.826. The Bertz CT molecular complexity index is 575. The fourth-order valence-electron chi connectivity index (χ4n) is 1.44. The molecule has 6 heteroatoms. The summed E-state index contributed by atoms with van der Waals surface area (Å²) < 4.78 is 0. The highest BCUT2D eigenvalue weighted by molar-refractivity contribution is 7.99. The van der Waals surface area contributed by atoms with E-state index in [0.717, 1.165) is 21.3 Å².